The molecule has 2 atom stereocenters. The quantitative estimate of drug-likeness (QED) is 0.547. The topological polar surface area (TPSA) is 40.5 Å². The van der Waals surface area contributed by atoms with Crippen molar-refractivity contribution in [2.45, 2.75) is 18.1 Å². The van der Waals surface area contributed by atoms with Gasteiger partial charge in [-0.05, 0) is 11.1 Å². The Morgan fingerprint density at radius 3 is 2.64 bits per heavy atom. The van der Waals surface area contributed by atoms with Gasteiger partial charge in [0.05, 0.1) is 6.10 Å². The lowest BCUT2D eigenvalue weighted by Crippen LogP contribution is -2.19. The Morgan fingerprint density at radius 1 is 1.36 bits per heavy atom. The first-order valence-corrected chi connectivity index (χ1v) is 5.47. The summed E-state index contributed by atoms with van der Waals surface area (Å²) in [5.74, 6) is 0.629. The average molecular weight is 233 g/mol. The van der Waals surface area contributed by atoms with E-state index in [0.29, 0.717) is 11.4 Å². The first-order valence-electron chi connectivity index (χ1n) is 4.31. The van der Waals surface area contributed by atoms with Crippen molar-refractivity contribution in [3.05, 3.63) is 35.4 Å². The molecule has 2 N–H and O–H groups in total. The van der Waals surface area contributed by atoms with E-state index in [9.17, 15) is 10.2 Å². The Labute approximate surface area is 93.9 Å². The third-order valence-corrected chi connectivity index (χ3v) is 2.68. The predicted octanol–water partition coefficient (Wildman–Crippen LogP) is 1.75. The minimum atomic E-state index is -0.893. The maximum absolute atomic E-state index is 9.67. The molecule has 0 saturated heterocycles. The molecule has 0 radical (unpaired) electrons. The molecule has 2 unspecified atom stereocenters. The molecule has 0 aromatic heterocycles. The van der Waals surface area contributed by atoms with Gasteiger partial charge in [-0.3, -0.25) is 0 Å². The monoisotopic (exact) mass is 232 g/mol. The molecule has 0 aliphatic rings. The van der Waals surface area contributed by atoms with Gasteiger partial charge in [0.1, 0.15) is 6.10 Å². The van der Waals surface area contributed by atoms with Gasteiger partial charge >= 0.3 is 0 Å². The van der Waals surface area contributed by atoms with Crippen LogP contribution in [0.1, 0.15) is 17.2 Å². The molecule has 0 fully saturated rings. The average Bonchev–Trinajstić information content (AvgIpc) is 2.27. The molecule has 1 aromatic rings. The van der Waals surface area contributed by atoms with Crippen LogP contribution in [0.4, 0.5) is 0 Å². The number of thiol groups is 1. The molecular formula is C10H13ClO2S. The van der Waals surface area contributed by atoms with Crippen molar-refractivity contribution in [3.63, 3.8) is 0 Å². The van der Waals surface area contributed by atoms with Gasteiger partial charge in [0.25, 0.3) is 0 Å². The molecular weight excluding hydrogens is 220 g/mol. The Morgan fingerprint density at radius 2 is 2.07 bits per heavy atom. The van der Waals surface area contributed by atoms with E-state index in [4.69, 9.17) is 11.6 Å². The Kier molecular flexibility index (Phi) is 4.75. The van der Waals surface area contributed by atoms with Crippen LogP contribution < -0.4 is 0 Å². The maximum Gasteiger partial charge on any atom is 0.106 e. The number of aliphatic hydroxyl groups is 2. The van der Waals surface area contributed by atoms with Crippen LogP contribution in [0.15, 0.2) is 24.3 Å². The number of hydrogen-bond acceptors (Lipinski definition) is 3. The summed E-state index contributed by atoms with van der Waals surface area (Å²) in [7, 11) is 0. The third-order valence-electron chi connectivity index (χ3n) is 2.00. The number of benzene rings is 1. The summed E-state index contributed by atoms with van der Waals surface area (Å²) in [6, 6.07) is 7.22. The van der Waals surface area contributed by atoms with Crippen molar-refractivity contribution in [2.75, 3.05) is 5.75 Å². The van der Waals surface area contributed by atoms with E-state index in [2.05, 4.69) is 12.6 Å². The number of hydrogen-bond donors (Lipinski definition) is 3. The largest absolute Gasteiger partial charge is 0.389 e. The predicted molar refractivity (Wildman–Crippen MR) is 60.8 cm³/mol. The number of aliphatic hydroxyl groups excluding tert-OH is 2. The van der Waals surface area contributed by atoms with E-state index in [1.54, 1.807) is 12.1 Å². The van der Waals surface area contributed by atoms with Gasteiger partial charge in [0, 0.05) is 11.6 Å². The summed E-state index contributed by atoms with van der Waals surface area (Å²) in [4.78, 5) is 0. The molecule has 0 bridgehead atoms. The van der Waals surface area contributed by atoms with Crippen LogP contribution in [0.5, 0.6) is 0 Å². The zero-order chi connectivity index (χ0) is 10.6. The van der Waals surface area contributed by atoms with Crippen LogP contribution in [0.2, 0.25) is 0 Å². The second-order valence-corrected chi connectivity index (χ2v) is 3.71. The highest BCUT2D eigenvalue weighted by molar-refractivity contribution is 7.80. The minimum absolute atomic E-state index is 0.228. The second kappa shape index (κ2) is 5.61. The van der Waals surface area contributed by atoms with E-state index in [1.807, 2.05) is 12.1 Å². The summed E-state index contributed by atoms with van der Waals surface area (Å²) in [5.41, 5.74) is 1.60. The van der Waals surface area contributed by atoms with Crippen molar-refractivity contribution in [1.29, 1.82) is 0 Å². The van der Waals surface area contributed by atoms with Gasteiger partial charge in [-0.2, -0.15) is 12.6 Å². The Balaban J connectivity index is 2.83. The highest BCUT2D eigenvalue weighted by atomic mass is 35.5. The van der Waals surface area contributed by atoms with Gasteiger partial charge in [-0.15, -0.1) is 11.6 Å². The lowest BCUT2D eigenvalue weighted by Gasteiger charge is -2.16. The van der Waals surface area contributed by atoms with E-state index < -0.39 is 12.2 Å². The molecule has 0 heterocycles. The number of rotatable bonds is 4. The molecule has 78 valence electrons. The normalized spacial score (nSPS) is 15.1. The summed E-state index contributed by atoms with van der Waals surface area (Å²) in [6.45, 7) is 0. The Hall–Kier alpha value is -0.220. The summed E-state index contributed by atoms with van der Waals surface area (Å²) in [6.07, 6.45) is -1.74. The highest BCUT2D eigenvalue weighted by Gasteiger charge is 2.16. The molecule has 2 nitrogen and oxygen atoms in total. The summed E-state index contributed by atoms with van der Waals surface area (Å²) < 4.78 is 0. The van der Waals surface area contributed by atoms with E-state index in [0.717, 1.165) is 5.56 Å². The molecule has 4 heteroatoms. The highest BCUT2D eigenvalue weighted by Crippen LogP contribution is 2.19. The molecule has 0 aliphatic carbocycles. The van der Waals surface area contributed by atoms with Gasteiger partial charge in [0.2, 0.25) is 0 Å². The lowest BCUT2D eigenvalue weighted by atomic mass is 10.0. The van der Waals surface area contributed by atoms with Gasteiger partial charge in [0.15, 0.2) is 0 Å². The van der Waals surface area contributed by atoms with Crippen LogP contribution in [-0.2, 0) is 5.88 Å². The number of alkyl halides is 1. The molecule has 0 saturated carbocycles. The molecule has 0 amide bonds. The van der Waals surface area contributed by atoms with Crippen LogP contribution >= 0.6 is 24.2 Å². The van der Waals surface area contributed by atoms with Gasteiger partial charge in [-0.25, -0.2) is 0 Å². The van der Waals surface area contributed by atoms with Gasteiger partial charge < -0.3 is 10.2 Å². The zero-order valence-corrected chi connectivity index (χ0v) is 9.25. The minimum Gasteiger partial charge on any atom is -0.389 e. The standard InChI is InChI=1S/C10H13ClO2S/c11-5-7-2-1-3-8(4-7)10(13)9(12)6-14/h1-4,9-10,12-14H,5-6H2. The first-order chi connectivity index (χ1) is 6.69. The zero-order valence-electron chi connectivity index (χ0n) is 7.60. The van der Waals surface area contributed by atoms with E-state index >= 15 is 0 Å². The lowest BCUT2D eigenvalue weighted by molar-refractivity contribution is 0.0337. The van der Waals surface area contributed by atoms with Crippen molar-refractivity contribution in [2.24, 2.45) is 0 Å². The van der Waals surface area contributed by atoms with E-state index in [-0.39, 0.29) is 5.75 Å². The van der Waals surface area contributed by atoms with Crippen LogP contribution in [-0.4, -0.2) is 22.1 Å². The van der Waals surface area contributed by atoms with Crippen molar-refractivity contribution in [3.8, 4) is 0 Å². The second-order valence-electron chi connectivity index (χ2n) is 3.07. The molecule has 0 aliphatic heterocycles. The Bertz CT molecular complexity index is 293. The first kappa shape index (κ1) is 11.9. The SMILES string of the molecule is OC(CS)C(O)c1cccc(CCl)c1. The molecule has 1 aromatic carbocycles. The third kappa shape index (κ3) is 2.89. The fourth-order valence-corrected chi connectivity index (χ4v) is 1.55. The van der Waals surface area contributed by atoms with Crippen LogP contribution in [0, 0.1) is 0 Å². The fraction of sp³-hybridized carbons (Fsp3) is 0.400. The summed E-state index contributed by atoms with van der Waals surface area (Å²) >= 11 is 9.58. The molecule has 1 rings (SSSR count). The smallest absolute Gasteiger partial charge is 0.106 e. The van der Waals surface area contributed by atoms with Crippen LogP contribution in [0.3, 0.4) is 0 Å². The molecule has 14 heavy (non-hydrogen) atoms. The van der Waals surface area contributed by atoms with E-state index in [1.165, 1.54) is 0 Å². The van der Waals surface area contributed by atoms with Crippen LogP contribution in [0.25, 0.3) is 0 Å². The molecule has 0 spiro atoms. The fourth-order valence-electron chi connectivity index (χ4n) is 1.18. The van der Waals surface area contributed by atoms with Crippen molar-refractivity contribution < 1.29 is 10.2 Å². The summed E-state index contributed by atoms with van der Waals surface area (Å²) in [5, 5.41) is 19.1. The maximum atomic E-state index is 9.67. The number of halogens is 1. The van der Waals surface area contributed by atoms with Crippen molar-refractivity contribution >= 4 is 24.2 Å². The van der Waals surface area contributed by atoms with Crippen molar-refractivity contribution in [1.82, 2.24) is 0 Å². The van der Waals surface area contributed by atoms with Gasteiger partial charge in [-0.1, -0.05) is 24.3 Å².